The van der Waals surface area contributed by atoms with Crippen molar-refractivity contribution in [3.63, 3.8) is 0 Å². The summed E-state index contributed by atoms with van der Waals surface area (Å²) in [6.07, 6.45) is 1.88. The molecule has 4 heteroatoms. The van der Waals surface area contributed by atoms with Crippen molar-refractivity contribution in [2.75, 3.05) is 0 Å². The van der Waals surface area contributed by atoms with Crippen LogP contribution in [0.15, 0.2) is 100 Å². The highest BCUT2D eigenvalue weighted by Gasteiger charge is 2.09. The smallest absolute Gasteiger partial charge is 0.134 e. The van der Waals surface area contributed by atoms with E-state index in [0.29, 0.717) is 5.57 Å². The first-order valence-electron chi connectivity index (χ1n) is 8.78. The van der Waals surface area contributed by atoms with Gasteiger partial charge < -0.3 is 0 Å². The van der Waals surface area contributed by atoms with Gasteiger partial charge in [-0.2, -0.15) is 5.26 Å². The highest BCUT2D eigenvalue weighted by atomic mass is 32.2. The largest absolute Gasteiger partial charge is 0.235 e. The summed E-state index contributed by atoms with van der Waals surface area (Å²) in [5, 5.41) is 12.3. The summed E-state index contributed by atoms with van der Waals surface area (Å²) in [6, 6.07) is 30.8. The van der Waals surface area contributed by atoms with Gasteiger partial charge in [0, 0.05) is 20.7 Å². The quantitative estimate of drug-likeness (QED) is 0.340. The van der Waals surface area contributed by atoms with Gasteiger partial charge in [-0.15, -0.1) is 11.3 Å². The van der Waals surface area contributed by atoms with Crippen molar-refractivity contribution in [1.82, 2.24) is 4.98 Å². The van der Waals surface area contributed by atoms with E-state index in [-0.39, 0.29) is 0 Å². The second-order valence-electron chi connectivity index (χ2n) is 6.06. The maximum absolute atomic E-state index is 9.54. The lowest BCUT2D eigenvalue weighted by molar-refractivity contribution is 1.35. The Morgan fingerprint density at radius 2 is 1.50 bits per heavy atom. The van der Waals surface area contributed by atoms with Gasteiger partial charge in [0.05, 0.1) is 11.3 Å². The number of hydrogen-bond acceptors (Lipinski definition) is 4. The Morgan fingerprint density at radius 3 is 2.18 bits per heavy atom. The maximum atomic E-state index is 9.54. The Balaban J connectivity index is 1.54. The number of aromatic nitrogens is 1. The summed E-state index contributed by atoms with van der Waals surface area (Å²) in [6.45, 7) is 0. The Labute approximate surface area is 172 Å². The molecule has 0 aliphatic rings. The lowest BCUT2D eigenvalue weighted by atomic mass is 10.1. The average molecular weight is 397 g/mol. The minimum atomic E-state index is 0.582. The van der Waals surface area contributed by atoms with Crippen molar-refractivity contribution in [3.8, 4) is 17.3 Å². The third-order valence-electron chi connectivity index (χ3n) is 4.09. The zero-order valence-electron chi connectivity index (χ0n) is 14.9. The molecule has 0 N–H and O–H groups in total. The molecule has 134 valence electrons. The van der Waals surface area contributed by atoms with E-state index in [9.17, 15) is 5.26 Å². The molecule has 4 aromatic rings. The molecule has 0 amide bonds. The van der Waals surface area contributed by atoms with E-state index in [1.165, 1.54) is 21.1 Å². The van der Waals surface area contributed by atoms with E-state index in [0.717, 1.165) is 21.8 Å². The summed E-state index contributed by atoms with van der Waals surface area (Å²) in [5.41, 5.74) is 3.53. The first-order valence-corrected chi connectivity index (χ1v) is 10.5. The Hall–Kier alpha value is -3.13. The molecule has 0 saturated carbocycles. The summed E-state index contributed by atoms with van der Waals surface area (Å²) in [5.74, 6) is 0. The monoisotopic (exact) mass is 396 g/mol. The molecule has 1 aromatic heterocycles. The summed E-state index contributed by atoms with van der Waals surface area (Å²) in [4.78, 5) is 7.09. The van der Waals surface area contributed by atoms with Crippen LogP contribution in [0.4, 0.5) is 0 Å². The maximum Gasteiger partial charge on any atom is 0.134 e. The summed E-state index contributed by atoms with van der Waals surface area (Å²) < 4.78 is 0. The first-order chi connectivity index (χ1) is 13.8. The number of benzene rings is 3. The number of thiazole rings is 1. The van der Waals surface area contributed by atoms with Crippen LogP contribution in [0.5, 0.6) is 0 Å². The lowest BCUT2D eigenvalue weighted by Gasteiger charge is -2.02. The minimum absolute atomic E-state index is 0.582. The molecule has 28 heavy (non-hydrogen) atoms. The molecule has 0 aliphatic heterocycles. The van der Waals surface area contributed by atoms with Gasteiger partial charge in [-0.1, -0.05) is 72.4 Å². The van der Waals surface area contributed by atoms with Crippen molar-refractivity contribution in [1.29, 1.82) is 5.26 Å². The first kappa shape index (κ1) is 18.2. The van der Waals surface area contributed by atoms with Gasteiger partial charge in [-0.3, -0.25) is 0 Å². The van der Waals surface area contributed by atoms with Crippen LogP contribution in [0.25, 0.3) is 22.9 Å². The predicted molar refractivity (Wildman–Crippen MR) is 118 cm³/mol. The molecule has 0 unspecified atom stereocenters. The van der Waals surface area contributed by atoms with Crippen molar-refractivity contribution in [2.45, 2.75) is 9.79 Å². The van der Waals surface area contributed by atoms with Crippen molar-refractivity contribution in [3.05, 3.63) is 101 Å². The topological polar surface area (TPSA) is 36.7 Å². The summed E-state index contributed by atoms with van der Waals surface area (Å²) >= 11 is 3.23. The minimum Gasteiger partial charge on any atom is -0.235 e. The number of allylic oxidation sites excluding steroid dienone is 1. The SMILES string of the molecule is N#C/C(=C/c1ccccc1)c1nc(-c2ccc(Sc3ccccc3)cc2)cs1. The molecule has 1 heterocycles. The highest BCUT2D eigenvalue weighted by molar-refractivity contribution is 7.99. The van der Waals surface area contributed by atoms with Gasteiger partial charge in [0.1, 0.15) is 11.1 Å². The van der Waals surface area contributed by atoms with E-state index >= 15 is 0 Å². The fourth-order valence-corrected chi connectivity index (χ4v) is 4.34. The molecule has 3 aromatic carbocycles. The van der Waals surface area contributed by atoms with E-state index in [1.807, 2.05) is 60.0 Å². The van der Waals surface area contributed by atoms with E-state index in [2.05, 4.69) is 47.5 Å². The Kier molecular flexibility index (Phi) is 5.67. The van der Waals surface area contributed by atoms with Gasteiger partial charge >= 0.3 is 0 Å². The number of nitriles is 1. The lowest BCUT2D eigenvalue weighted by Crippen LogP contribution is -1.83. The third-order valence-corrected chi connectivity index (χ3v) is 5.99. The van der Waals surface area contributed by atoms with Gasteiger partial charge in [-0.05, 0) is 35.9 Å². The van der Waals surface area contributed by atoms with Gasteiger partial charge in [-0.25, -0.2) is 4.98 Å². The highest BCUT2D eigenvalue weighted by Crippen LogP contribution is 2.31. The fourth-order valence-electron chi connectivity index (χ4n) is 2.71. The molecular weight excluding hydrogens is 380 g/mol. The molecule has 4 rings (SSSR count). The van der Waals surface area contributed by atoms with Crippen molar-refractivity contribution >= 4 is 34.7 Å². The second-order valence-corrected chi connectivity index (χ2v) is 8.06. The number of nitrogens with zero attached hydrogens (tertiary/aromatic N) is 2. The van der Waals surface area contributed by atoms with Crippen LogP contribution in [0.3, 0.4) is 0 Å². The fraction of sp³-hybridized carbons (Fsp3) is 0. The molecule has 0 radical (unpaired) electrons. The van der Waals surface area contributed by atoms with Crippen LogP contribution in [0, 0.1) is 11.3 Å². The van der Waals surface area contributed by atoms with Crippen LogP contribution < -0.4 is 0 Å². The molecule has 0 fully saturated rings. The van der Waals surface area contributed by atoms with Crippen LogP contribution >= 0.6 is 23.1 Å². The van der Waals surface area contributed by atoms with Gasteiger partial charge in [0.2, 0.25) is 0 Å². The molecule has 0 bridgehead atoms. The Morgan fingerprint density at radius 1 is 0.857 bits per heavy atom. The normalized spacial score (nSPS) is 11.2. The summed E-state index contributed by atoms with van der Waals surface area (Å²) in [7, 11) is 0. The van der Waals surface area contributed by atoms with Crippen LogP contribution in [-0.4, -0.2) is 4.98 Å². The molecule has 0 saturated heterocycles. The average Bonchev–Trinajstić information content (AvgIpc) is 3.24. The van der Waals surface area contributed by atoms with Crippen LogP contribution in [0.2, 0.25) is 0 Å². The number of rotatable bonds is 5. The zero-order valence-corrected chi connectivity index (χ0v) is 16.6. The predicted octanol–water partition coefficient (Wildman–Crippen LogP) is 7.03. The van der Waals surface area contributed by atoms with Crippen molar-refractivity contribution < 1.29 is 0 Å². The number of hydrogen-bond donors (Lipinski definition) is 0. The van der Waals surface area contributed by atoms with Crippen LogP contribution in [0.1, 0.15) is 10.6 Å². The molecule has 0 aliphatic carbocycles. The van der Waals surface area contributed by atoms with E-state index in [4.69, 9.17) is 0 Å². The molecule has 0 atom stereocenters. The van der Waals surface area contributed by atoms with Gasteiger partial charge in [0.25, 0.3) is 0 Å². The molecular formula is C24H16N2S2. The standard InChI is InChI=1S/C24H16N2S2/c25-16-20(15-18-7-3-1-4-8-18)24-26-23(17-27-24)19-11-13-22(14-12-19)28-21-9-5-2-6-10-21/h1-15,17H/b20-15-. The van der Waals surface area contributed by atoms with Crippen molar-refractivity contribution in [2.24, 2.45) is 0 Å². The van der Waals surface area contributed by atoms with E-state index < -0.39 is 0 Å². The molecule has 2 nitrogen and oxygen atoms in total. The second kappa shape index (κ2) is 8.71. The Bertz CT molecular complexity index is 1120. The van der Waals surface area contributed by atoms with Gasteiger partial charge in [0.15, 0.2) is 0 Å². The zero-order chi connectivity index (χ0) is 19.2. The van der Waals surface area contributed by atoms with Crippen LogP contribution in [-0.2, 0) is 0 Å². The molecule has 0 spiro atoms. The van der Waals surface area contributed by atoms with E-state index in [1.54, 1.807) is 11.8 Å². The third kappa shape index (κ3) is 4.40.